The molecule has 30 heavy (non-hydrogen) atoms. The topological polar surface area (TPSA) is 84.5 Å². The van der Waals surface area contributed by atoms with Crippen molar-refractivity contribution in [2.75, 3.05) is 12.4 Å². The van der Waals surface area contributed by atoms with E-state index in [4.69, 9.17) is 16.3 Å². The SMILES string of the molecule is COc1cccc(NC(=O)[C@H](Cc2ccccc2)NS(=O)(=O)c2ccc(Cl)cc2)c1. The molecular formula is C22H21ClN2O4S. The van der Waals surface area contributed by atoms with Crippen LogP contribution in [-0.2, 0) is 21.2 Å². The molecule has 0 bridgehead atoms. The number of hydrogen-bond acceptors (Lipinski definition) is 4. The number of methoxy groups -OCH3 is 1. The lowest BCUT2D eigenvalue weighted by Gasteiger charge is -2.19. The van der Waals surface area contributed by atoms with Crippen molar-refractivity contribution in [2.45, 2.75) is 17.4 Å². The molecule has 8 heteroatoms. The molecule has 0 unspecified atom stereocenters. The second-order valence-corrected chi connectivity index (χ2v) is 8.69. The van der Waals surface area contributed by atoms with Gasteiger partial charge in [0.25, 0.3) is 0 Å². The van der Waals surface area contributed by atoms with Crippen molar-refractivity contribution in [3.05, 3.63) is 89.4 Å². The van der Waals surface area contributed by atoms with Crippen LogP contribution in [0.25, 0.3) is 0 Å². The van der Waals surface area contributed by atoms with Crippen LogP contribution in [0.2, 0.25) is 5.02 Å². The van der Waals surface area contributed by atoms with Crippen molar-refractivity contribution in [3.63, 3.8) is 0 Å². The minimum atomic E-state index is -3.94. The zero-order valence-electron chi connectivity index (χ0n) is 16.2. The van der Waals surface area contributed by atoms with Gasteiger partial charge in [-0.1, -0.05) is 48.0 Å². The molecule has 0 aromatic heterocycles. The molecule has 0 aliphatic heterocycles. The van der Waals surface area contributed by atoms with Gasteiger partial charge in [0.1, 0.15) is 11.8 Å². The van der Waals surface area contributed by atoms with Gasteiger partial charge in [0.05, 0.1) is 12.0 Å². The van der Waals surface area contributed by atoms with Gasteiger partial charge in [-0.2, -0.15) is 4.72 Å². The van der Waals surface area contributed by atoms with Crippen molar-refractivity contribution >= 4 is 33.2 Å². The molecule has 6 nitrogen and oxygen atoms in total. The Bertz CT molecular complexity index is 1100. The first-order valence-corrected chi connectivity index (χ1v) is 11.0. The predicted octanol–water partition coefficient (Wildman–Crippen LogP) is 3.88. The molecule has 0 fully saturated rings. The molecule has 156 valence electrons. The second kappa shape index (κ2) is 9.75. The third kappa shape index (κ3) is 5.82. The number of carbonyl (C=O) groups is 1. The van der Waals surface area contributed by atoms with E-state index >= 15 is 0 Å². The molecule has 3 aromatic carbocycles. The van der Waals surface area contributed by atoms with Gasteiger partial charge in [0, 0.05) is 16.8 Å². The van der Waals surface area contributed by atoms with Crippen molar-refractivity contribution in [1.29, 1.82) is 0 Å². The van der Waals surface area contributed by atoms with Gasteiger partial charge in [0.2, 0.25) is 15.9 Å². The van der Waals surface area contributed by atoms with Crippen molar-refractivity contribution in [1.82, 2.24) is 4.72 Å². The van der Waals surface area contributed by atoms with Crippen LogP contribution in [0.4, 0.5) is 5.69 Å². The Hall–Kier alpha value is -2.87. The summed E-state index contributed by atoms with van der Waals surface area (Å²) in [5.41, 5.74) is 1.32. The summed E-state index contributed by atoms with van der Waals surface area (Å²) in [5, 5.41) is 3.17. The van der Waals surface area contributed by atoms with E-state index in [9.17, 15) is 13.2 Å². The van der Waals surface area contributed by atoms with Crippen molar-refractivity contribution in [3.8, 4) is 5.75 Å². The van der Waals surface area contributed by atoms with Crippen molar-refractivity contribution in [2.24, 2.45) is 0 Å². The minimum Gasteiger partial charge on any atom is -0.497 e. The summed E-state index contributed by atoms with van der Waals surface area (Å²) in [6, 6.07) is 20.8. The highest BCUT2D eigenvalue weighted by Gasteiger charge is 2.26. The van der Waals surface area contributed by atoms with Crippen LogP contribution in [0.5, 0.6) is 5.75 Å². The molecule has 1 amide bonds. The summed E-state index contributed by atoms with van der Waals surface area (Å²) in [7, 11) is -2.41. The average Bonchev–Trinajstić information content (AvgIpc) is 2.74. The van der Waals surface area contributed by atoms with E-state index < -0.39 is 22.0 Å². The zero-order chi connectivity index (χ0) is 21.6. The average molecular weight is 445 g/mol. The highest BCUT2D eigenvalue weighted by molar-refractivity contribution is 7.89. The molecule has 3 aromatic rings. The number of hydrogen-bond donors (Lipinski definition) is 2. The number of rotatable bonds is 8. The molecular weight excluding hydrogens is 424 g/mol. The van der Waals surface area contributed by atoms with E-state index in [0.717, 1.165) is 5.56 Å². The van der Waals surface area contributed by atoms with Gasteiger partial charge in [-0.15, -0.1) is 0 Å². The fraction of sp³-hybridized carbons (Fsp3) is 0.136. The number of halogens is 1. The smallest absolute Gasteiger partial charge is 0.242 e. The monoisotopic (exact) mass is 444 g/mol. The number of carbonyl (C=O) groups excluding carboxylic acids is 1. The van der Waals surface area contributed by atoms with Gasteiger partial charge < -0.3 is 10.1 Å². The quantitative estimate of drug-likeness (QED) is 0.552. The maximum atomic E-state index is 13.0. The Balaban J connectivity index is 1.85. The number of benzene rings is 3. The Kier molecular flexibility index (Phi) is 7.10. The third-order valence-electron chi connectivity index (χ3n) is 4.36. The largest absolute Gasteiger partial charge is 0.497 e. The van der Waals surface area contributed by atoms with Crippen LogP contribution >= 0.6 is 11.6 Å². The van der Waals surface area contributed by atoms with E-state index in [1.165, 1.54) is 31.4 Å². The molecule has 0 heterocycles. The number of nitrogens with one attached hydrogen (secondary N) is 2. The lowest BCUT2D eigenvalue weighted by Crippen LogP contribution is -2.45. The molecule has 2 N–H and O–H groups in total. The molecule has 0 radical (unpaired) electrons. The summed E-state index contributed by atoms with van der Waals surface area (Å²) in [6.07, 6.45) is 0.184. The first kappa shape index (κ1) is 21.8. The molecule has 3 rings (SSSR count). The van der Waals surface area contributed by atoms with Gasteiger partial charge in [0.15, 0.2) is 0 Å². The van der Waals surface area contributed by atoms with E-state index in [1.807, 2.05) is 30.3 Å². The number of ether oxygens (including phenoxy) is 1. The van der Waals surface area contributed by atoms with Gasteiger partial charge >= 0.3 is 0 Å². The minimum absolute atomic E-state index is 0.0270. The first-order chi connectivity index (χ1) is 14.4. The Morgan fingerprint density at radius 2 is 1.70 bits per heavy atom. The maximum absolute atomic E-state index is 13.0. The Labute approximate surface area is 180 Å². The Morgan fingerprint density at radius 3 is 2.37 bits per heavy atom. The van der Waals surface area contributed by atoms with E-state index in [2.05, 4.69) is 10.0 Å². The fourth-order valence-corrected chi connectivity index (χ4v) is 4.16. The molecule has 0 aliphatic rings. The van der Waals surface area contributed by atoms with E-state index in [0.29, 0.717) is 16.5 Å². The summed E-state index contributed by atoms with van der Waals surface area (Å²) < 4.78 is 33.4. The highest BCUT2D eigenvalue weighted by Crippen LogP contribution is 2.19. The number of anilines is 1. The van der Waals surface area contributed by atoms with Crippen LogP contribution < -0.4 is 14.8 Å². The fourth-order valence-electron chi connectivity index (χ4n) is 2.84. The normalized spacial score (nSPS) is 12.2. The summed E-state index contributed by atoms with van der Waals surface area (Å²) in [5.74, 6) is 0.0961. The molecule has 1 atom stereocenters. The lowest BCUT2D eigenvalue weighted by molar-refractivity contribution is -0.117. The van der Waals surface area contributed by atoms with Crippen LogP contribution in [0, 0.1) is 0 Å². The standard InChI is InChI=1S/C22H21ClN2O4S/c1-29-19-9-5-8-18(15-19)24-22(26)21(14-16-6-3-2-4-7-16)25-30(27,28)20-12-10-17(23)11-13-20/h2-13,15,21,25H,14H2,1H3,(H,24,26)/t21-/m0/s1. The van der Waals surface area contributed by atoms with Crippen LogP contribution in [0.3, 0.4) is 0 Å². The molecule has 0 saturated carbocycles. The van der Waals surface area contributed by atoms with Crippen LogP contribution in [0.1, 0.15) is 5.56 Å². The zero-order valence-corrected chi connectivity index (χ0v) is 17.8. The number of amides is 1. The highest BCUT2D eigenvalue weighted by atomic mass is 35.5. The van der Waals surface area contributed by atoms with Crippen LogP contribution in [-0.4, -0.2) is 27.5 Å². The lowest BCUT2D eigenvalue weighted by atomic mass is 10.1. The van der Waals surface area contributed by atoms with Crippen molar-refractivity contribution < 1.29 is 17.9 Å². The predicted molar refractivity (Wildman–Crippen MR) is 117 cm³/mol. The number of sulfonamides is 1. The molecule has 0 saturated heterocycles. The summed E-state index contributed by atoms with van der Waals surface area (Å²) in [6.45, 7) is 0. The van der Waals surface area contributed by atoms with Gasteiger partial charge in [-0.05, 0) is 48.4 Å². The summed E-state index contributed by atoms with van der Waals surface area (Å²) >= 11 is 5.85. The first-order valence-electron chi connectivity index (χ1n) is 9.14. The van der Waals surface area contributed by atoms with Crippen LogP contribution in [0.15, 0.2) is 83.8 Å². The molecule has 0 spiro atoms. The molecule has 0 aliphatic carbocycles. The van der Waals surface area contributed by atoms with Gasteiger partial charge in [-0.3, -0.25) is 4.79 Å². The van der Waals surface area contributed by atoms with E-state index in [-0.39, 0.29) is 11.3 Å². The second-order valence-electron chi connectivity index (χ2n) is 6.54. The van der Waals surface area contributed by atoms with Gasteiger partial charge in [-0.25, -0.2) is 8.42 Å². The van der Waals surface area contributed by atoms with E-state index in [1.54, 1.807) is 24.3 Å². The maximum Gasteiger partial charge on any atom is 0.242 e. The summed E-state index contributed by atoms with van der Waals surface area (Å²) in [4.78, 5) is 13.0. The Morgan fingerprint density at radius 1 is 1.00 bits per heavy atom. The third-order valence-corrected chi connectivity index (χ3v) is 6.10.